The number of carbonyl (C=O) groups excluding carboxylic acids is 3. The molecule has 13 nitrogen and oxygen atoms in total. The van der Waals surface area contributed by atoms with Crippen molar-refractivity contribution in [2.75, 3.05) is 55.6 Å². The molecule has 3 aliphatic heterocycles. The Balaban J connectivity index is 0.885. The van der Waals surface area contributed by atoms with Gasteiger partial charge < -0.3 is 35.1 Å². The van der Waals surface area contributed by atoms with Crippen LogP contribution in [0, 0.1) is 0 Å². The molecule has 3 amide bonds. The summed E-state index contributed by atoms with van der Waals surface area (Å²) in [4.78, 5) is 49.9. The molecule has 3 aromatic carbocycles. The third-order valence-electron chi connectivity index (χ3n) is 10.4. The molecule has 0 aliphatic carbocycles. The molecule has 0 bridgehead atoms. The molecule has 55 heavy (non-hydrogen) atoms. The first-order chi connectivity index (χ1) is 26.5. The summed E-state index contributed by atoms with van der Waals surface area (Å²) in [6.45, 7) is 6.57. The second-order valence-electron chi connectivity index (χ2n) is 14.6. The van der Waals surface area contributed by atoms with Crippen molar-refractivity contribution in [3.05, 3.63) is 88.6 Å². The molecule has 4 aromatic rings. The van der Waals surface area contributed by atoms with Crippen LogP contribution in [-0.2, 0) is 27.1 Å². The zero-order valence-electron chi connectivity index (χ0n) is 31.2. The number of para-hydroxylation sites is 1. The second-order valence-corrected chi connectivity index (χ2v) is 18.2. The van der Waals surface area contributed by atoms with Crippen molar-refractivity contribution >= 4 is 70.6 Å². The molecule has 1 unspecified atom stereocenters. The molecule has 4 heterocycles. The van der Waals surface area contributed by atoms with E-state index in [1.165, 1.54) is 11.8 Å². The summed E-state index contributed by atoms with van der Waals surface area (Å²) in [7, 11) is -0.907. The van der Waals surface area contributed by atoms with E-state index in [0.717, 1.165) is 56.6 Å². The fourth-order valence-electron chi connectivity index (χ4n) is 7.52. The minimum Gasteiger partial charge on any atom is -0.494 e. The predicted octanol–water partition coefficient (Wildman–Crippen LogP) is 5.83. The molecular weight excluding hydrogens is 739 g/mol. The topological polar surface area (TPSA) is 158 Å². The highest BCUT2D eigenvalue weighted by Gasteiger charge is 2.39. The fraction of sp³-hybridized carbons (Fsp3) is 0.375. The van der Waals surface area contributed by atoms with Crippen molar-refractivity contribution in [1.82, 2.24) is 25.5 Å². The van der Waals surface area contributed by atoms with Gasteiger partial charge in [-0.05, 0) is 93.4 Å². The summed E-state index contributed by atoms with van der Waals surface area (Å²) in [5, 5.41) is 13.6. The molecule has 0 radical (unpaired) electrons. The normalized spacial score (nSPS) is 17.6. The Bertz CT molecular complexity index is 2150. The van der Waals surface area contributed by atoms with Crippen LogP contribution in [0.2, 0.25) is 5.02 Å². The molecule has 4 N–H and O–H groups in total. The maximum Gasteiger partial charge on any atom is 0.255 e. The van der Waals surface area contributed by atoms with Gasteiger partial charge in [0.2, 0.25) is 17.8 Å². The number of aromatic nitrogens is 2. The van der Waals surface area contributed by atoms with Crippen LogP contribution < -0.4 is 36.2 Å². The summed E-state index contributed by atoms with van der Waals surface area (Å²) in [5.41, 5.74) is 5.23. The Morgan fingerprint density at radius 3 is 2.55 bits per heavy atom. The van der Waals surface area contributed by atoms with E-state index in [4.69, 9.17) is 16.3 Å². The zero-order chi connectivity index (χ0) is 38.7. The fourth-order valence-corrected chi connectivity index (χ4v) is 8.81. The number of hydrogen-bond acceptors (Lipinski definition) is 11. The lowest BCUT2D eigenvalue weighted by Gasteiger charge is -2.34. The van der Waals surface area contributed by atoms with Crippen LogP contribution in [0.1, 0.15) is 53.6 Å². The van der Waals surface area contributed by atoms with Gasteiger partial charge in [-0.25, -0.2) is 4.98 Å². The molecule has 2 saturated heterocycles. The lowest BCUT2D eigenvalue weighted by Crippen LogP contribution is -2.52. The van der Waals surface area contributed by atoms with Gasteiger partial charge in [-0.1, -0.05) is 35.9 Å². The van der Waals surface area contributed by atoms with Crippen molar-refractivity contribution in [3.63, 3.8) is 0 Å². The summed E-state index contributed by atoms with van der Waals surface area (Å²) >= 11 is 6.46. The number of hydrogen-bond donors (Lipinski definition) is 4. The number of piperidine rings is 2. The summed E-state index contributed by atoms with van der Waals surface area (Å²) in [6, 6.07) is 19.3. The van der Waals surface area contributed by atoms with E-state index < -0.39 is 13.2 Å². The molecule has 7 rings (SSSR count). The maximum atomic E-state index is 13.0. The van der Waals surface area contributed by atoms with E-state index in [9.17, 15) is 18.9 Å². The number of rotatable bonds is 13. The zero-order valence-corrected chi connectivity index (χ0v) is 32.9. The standard InChI is InChI=1S/C40H46ClN8O5P/c1-54-34-22-28(11-13-31(34)45-40-43-23-30(41)37(47-40)44-32-8-4-5-9-35(32)55(2,3)53)48-19-16-27(17-20-48)42-18-6-7-25-10-12-29-26(21-25)24-49(39(29)52)33-14-15-36(50)46-38(33)51/h4-5,8-13,21-23,27,33,42H,6-7,14-20,24H2,1-3H3,(H,46,50,51)(H2,43,44,45,47). The second kappa shape index (κ2) is 16.4. The molecule has 1 aromatic heterocycles. The molecule has 15 heteroatoms. The summed E-state index contributed by atoms with van der Waals surface area (Å²) in [5.74, 6) is 0.578. The van der Waals surface area contributed by atoms with Crippen LogP contribution in [0.15, 0.2) is 66.9 Å². The first-order valence-corrected chi connectivity index (χ1v) is 21.6. The van der Waals surface area contributed by atoms with E-state index in [-0.39, 0.29) is 24.1 Å². The van der Waals surface area contributed by atoms with Crippen LogP contribution >= 0.6 is 18.7 Å². The van der Waals surface area contributed by atoms with Gasteiger partial charge in [-0.3, -0.25) is 19.7 Å². The van der Waals surface area contributed by atoms with E-state index in [0.29, 0.717) is 63.8 Å². The Labute approximate surface area is 326 Å². The van der Waals surface area contributed by atoms with Gasteiger partial charge in [-0.2, -0.15) is 4.98 Å². The number of fused-ring (bicyclic) bond motifs is 1. The van der Waals surface area contributed by atoms with Gasteiger partial charge in [0.05, 0.1) is 24.7 Å². The van der Waals surface area contributed by atoms with E-state index >= 15 is 0 Å². The number of aryl methyl sites for hydroxylation is 1. The molecule has 0 spiro atoms. The molecule has 2 fully saturated rings. The van der Waals surface area contributed by atoms with Gasteiger partial charge in [0.1, 0.15) is 24.0 Å². The minimum atomic E-state index is -2.55. The summed E-state index contributed by atoms with van der Waals surface area (Å²) in [6.07, 6.45) is 6.03. The number of imide groups is 1. The van der Waals surface area contributed by atoms with Crippen LogP contribution in [0.25, 0.3) is 0 Å². The van der Waals surface area contributed by atoms with Gasteiger partial charge in [0.25, 0.3) is 5.91 Å². The number of anilines is 5. The first-order valence-electron chi connectivity index (χ1n) is 18.6. The Morgan fingerprint density at radius 1 is 0.982 bits per heavy atom. The Hall–Kier alpha value is -4.97. The average Bonchev–Trinajstić information content (AvgIpc) is 3.49. The highest BCUT2D eigenvalue weighted by Crippen LogP contribution is 2.39. The van der Waals surface area contributed by atoms with E-state index in [1.807, 2.05) is 48.5 Å². The van der Waals surface area contributed by atoms with Crippen molar-refractivity contribution in [2.45, 2.75) is 57.2 Å². The number of nitrogens with one attached hydrogen (secondary N) is 4. The maximum absolute atomic E-state index is 13.0. The van der Waals surface area contributed by atoms with Crippen LogP contribution in [-0.4, -0.2) is 84.7 Å². The first kappa shape index (κ1) is 38.3. The lowest BCUT2D eigenvalue weighted by molar-refractivity contribution is -0.136. The van der Waals surface area contributed by atoms with Crippen molar-refractivity contribution in [1.29, 1.82) is 0 Å². The number of nitrogens with zero attached hydrogens (tertiary/aromatic N) is 4. The van der Waals surface area contributed by atoms with Gasteiger partial charge in [0.15, 0.2) is 5.82 Å². The largest absolute Gasteiger partial charge is 0.494 e. The number of methoxy groups -OCH3 is 1. The molecule has 3 aliphatic rings. The third kappa shape index (κ3) is 8.80. The molecule has 288 valence electrons. The molecular formula is C40H46ClN8O5P. The lowest BCUT2D eigenvalue weighted by atomic mass is 10.0. The Morgan fingerprint density at radius 2 is 1.78 bits per heavy atom. The van der Waals surface area contributed by atoms with Crippen molar-refractivity contribution in [2.24, 2.45) is 0 Å². The minimum absolute atomic E-state index is 0.142. The van der Waals surface area contributed by atoms with Gasteiger partial charge >= 0.3 is 0 Å². The number of amides is 3. The van der Waals surface area contributed by atoms with E-state index in [1.54, 1.807) is 25.3 Å². The number of carbonyl (C=O) groups is 3. The predicted molar refractivity (Wildman–Crippen MR) is 216 cm³/mol. The number of benzene rings is 3. The van der Waals surface area contributed by atoms with Crippen LogP contribution in [0.3, 0.4) is 0 Å². The Kier molecular flexibility index (Phi) is 11.4. The van der Waals surface area contributed by atoms with E-state index in [2.05, 4.69) is 48.3 Å². The molecule has 0 saturated carbocycles. The van der Waals surface area contributed by atoms with Crippen LogP contribution in [0.4, 0.5) is 28.8 Å². The monoisotopic (exact) mass is 784 g/mol. The van der Waals surface area contributed by atoms with Gasteiger partial charge in [-0.15, -0.1) is 0 Å². The number of halogens is 1. The quantitative estimate of drug-likeness (QED) is 0.0735. The molecule has 1 atom stereocenters. The van der Waals surface area contributed by atoms with Crippen LogP contribution in [0.5, 0.6) is 5.75 Å². The van der Waals surface area contributed by atoms with Gasteiger partial charge in [0, 0.05) is 54.7 Å². The highest BCUT2D eigenvalue weighted by atomic mass is 35.5. The summed E-state index contributed by atoms with van der Waals surface area (Å²) < 4.78 is 18.6. The third-order valence-corrected chi connectivity index (χ3v) is 12.3. The van der Waals surface area contributed by atoms with Crippen molar-refractivity contribution < 1.29 is 23.7 Å². The SMILES string of the molecule is COc1cc(N2CCC(NCCCc3ccc4c(c3)CN(C3CCC(=O)NC3=O)C4=O)CC2)ccc1Nc1ncc(Cl)c(Nc2ccccc2P(C)(C)=O)n1. The number of ether oxygens (including phenoxy) is 1. The smallest absolute Gasteiger partial charge is 0.255 e. The highest BCUT2D eigenvalue weighted by molar-refractivity contribution is 7.70. The average molecular weight is 785 g/mol. The van der Waals surface area contributed by atoms with Crippen molar-refractivity contribution in [3.8, 4) is 5.75 Å².